The molecule has 2 N–H and O–H groups in total. The summed E-state index contributed by atoms with van der Waals surface area (Å²) in [6.45, 7) is 12.8. The highest BCUT2D eigenvalue weighted by atomic mass is 35.5. The molecule has 0 radical (unpaired) electrons. The van der Waals surface area contributed by atoms with Crippen molar-refractivity contribution < 1.29 is 47.5 Å². The molecule has 1 aliphatic carbocycles. The number of hydrogen-bond donors (Lipinski definition) is 2. The third-order valence-corrected chi connectivity index (χ3v) is 10.4. The molecule has 0 saturated carbocycles. The molecule has 0 saturated heterocycles. The summed E-state index contributed by atoms with van der Waals surface area (Å²) in [5, 5.41) is 5.95. The molecule has 0 spiro atoms. The number of para-hydroxylation sites is 2. The van der Waals surface area contributed by atoms with Gasteiger partial charge in [0.2, 0.25) is 11.8 Å². The van der Waals surface area contributed by atoms with Crippen molar-refractivity contribution in [2.75, 3.05) is 102 Å². The molecule has 2 amide bonds. The first-order valence-electron chi connectivity index (χ1n) is 21.4. The maximum Gasteiger partial charge on any atom is 0.239 e. The van der Waals surface area contributed by atoms with Crippen molar-refractivity contribution >= 4 is 46.4 Å². The minimum absolute atomic E-state index is 0.224. The number of carbonyl (C=O) groups is 2. The molecule has 62 heavy (non-hydrogen) atoms. The Hall–Kier alpha value is -4.56. The fourth-order valence-electron chi connectivity index (χ4n) is 7.35. The van der Waals surface area contributed by atoms with Crippen LogP contribution in [0.1, 0.15) is 72.2 Å². The molecule has 336 valence electrons. The molecule has 12 nitrogen and oxygen atoms in total. The lowest BCUT2D eigenvalue weighted by molar-refractivity contribution is -0.114. The van der Waals surface area contributed by atoms with E-state index in [4.69, 9.17) is 61.1 Å². The van der Waals surface area contributed by atoms with Gasteiger partial charge in [-0.1, -0.05) is 36.4 Å². The number of ether oxygens (including phenoxy) is 8. The third kappa shape index (κ3) is 14.2. The first-order chi connectivity index (χ1) is 30.3. The Bertz CT molecular complexity index is 1920. The van der Waals surface area contributed by atoms with Crippen molar-refractivity contribution in [2.24, 2.45) is 0 Å². The summed E-state index contributed by atoms with van der Waals surface area (Å²) in [5.41, 5.74) is 7.94. The van der Waals surface area contributed by atoms with Crippen LogP contribution in [0.5, 0.6) is 23.0 Å². The zero-order chi connectivity index (χ0) is 44.1. The number of hydrogen-bond acceptors (Lipinski definition) is 10. The largest absolute Gasteiger partial charge is 0.491 e. The summed E-state index contributed by atoms with van der Waals surface area (Å²) in [7, 11) is 0. The molecule has 0 fully saturated rings. The van der Waals surface area contributed by atoms with Crippen LogP contribution in [0.3, 0.4) is 0 Å². The van der Waals surface area contributed by atoms with Crippen molar-refractivity contribution in [3.05, 3.63) is 105 Å². The molecule has 1 aliphatic rings. The molecule has 4 aromatic carbocycles. The Morgan fingerprint density at radius 1 is 0.435 bits per heavy atom. The van der Waals surface area contributed by atoms with Gasteiger partial charge in [-0.2, -0.15) is 0 Å². The molecule has 0 atom stereocenters. The second-order valence-electron chi connectivity index (χ2n) is 14.3. The Morgan fingerprint density at radius 3 is 0.968 bits per heavy atom. The minimum Gasteiger partial charge on any atom is -0.491 e. The molecule has 4 aromatic rings. The van der Waals surface area contributed by atoms with Crippen molar-refractivity contribution in [2.45, 2.75) is 53.4 Å². The number of amides is 2. The molecule has 5 rings (SSSR count). The maximum atomic E-state index is 12.9. The number of nitrogens with one attached hydrogen (secondary N) is 2. The lowest BCUT2D eigenvalue weighted by Gasteiger charge is -2.24. The molecule has 0 aromatic heterocycles. The number of alkyl halides is 2. The van der Waals surface area contributed by atoms with Crippen LogP contribution in [0.15, 0.2) is 60.7 Å². The lowest BCUT2D eigenvalue weighted by atomic mass is 9.90. The number of rotatable bonds is 24. The number of fused-ring (bicyclic) bond motifs is 8. The molecule has 14 heteroatoms. The standard InChI is InChI=1S/C48H60Cl2N2O10/c1-5-55-15-19-59-45-33-11-9-13-35(45)24-37-27-41(51-43(53)31-49)29-39(47(37)61-21-17-57-7-3)26-40-30-42(52-44(54)32-50)28-38(48(40)62-22-18-58-8-4)25-36-14-10-12-34(23-33)46(36)60-20-16-56-6-2/h9-14,27-30H,5-8,15-26,31-32H2,1-4H3,(H,51,53)(H,52,54). The second-order valence-corrected chi connectivity index (χ2v) is 14.8. The SMILES string of the molecule is CCOCCOc1c2cccc1Cc1cc(NC(=O)CCl)cc(c1OCCOCC)Cc1cc(NC(=O)CCl)cc(c1OCCOCC)Cc1cccc(c1OCCOCC)C2. The second kappa shape index (κ2) is 26.2. The van der Waals surface area contributed by atoms with Gasteiger partial charge >= 0.3 is 0 Å². The maximum absolute atomic E-state index is 12.9. The lowest BCUT2D eigenvalue weighted by Crippen LogP contribution is -2.16. The van der Waals surface area contributed by atoms with Gasteiger partial charge in [-0.15, -0.1) is 23.2 Å². The average molecular weight is 896 g/mol. The van der Waals surface area contributed by atoms with Gasteiger partial charge in [0.1, 0.15) is 61.2 Å². The van der Waals surface area contributed by atoms with Crippen LogP contribution in [-0.4, -0.2) is 103 Å². The van der Waals surface area contributed by atoms with E-state index in [1.54, 1.807) is 0 Å². The van der Waals surface area contributed by atoms with Crippen molar-refractivity contribution in [3.8, 4) is 23.0 Å². The normalized spacial score (nSPS) is 12.1. The van der Waals surface area contributed by atoms with Crippen molar-refractivity contribution in [1.82, 2.24) is 0 Å². The summed E-state index contributed by atoms with van der Waals surface area (Å²) < 4.78 is 49.4. The number of anilines is 2. The fourth-order valence-corrected chi connectivity index (χ4v) is 7.48. The summed E-state index contributed by atoms with van der Waals surface area (Å²) >= 11 is 12.1. The van der Waals surface area contributed by atoms with E-state index in [1.165, 1.54) is 0 Å². The van der Waals surface area contributed by atoms with Crippen molar-refractivity contribution in [3.63, 3.8) is 0 Å². The fraction of sp³-hybridized carbons (Fsp3) is 0.458. The topological polar surface area (TPSA) is 132 Å². The Morgan fingerprint density at radius 2 is 0.694 bits per heavy atom. The van der Waals surface area contributed by atoms with Crippen LogP contribution in [0.25, 0.3) is 0 Å². The van der Waals surface area contributed by atoms with E-state index in [9.17, 15) is 9.59 Å². The zero-order valence-corrected chi connectivity index (χ0v) is 37.9. The monoisotopic (exact) mass is 894 g/mol. The zero-order valence-electron chi connectivity index (χ0n) is 36.3. The van der Waals surface area contributed by atoms with E-state index in [-0.39, 0.29) is 43.2 Å². The van der Waals surface area contributed by atoms with Crippen LogP contribution in [-0.2, 0) is 54.2 Å². The number of carbonyl (C=O) groups excluding carboxylic acids is 2. The summed E-state index contributed by atoms with van der Waals surface area (Å²) in [5.74, 6) is 1.55. The van der Waals surface area contributed by atoms with Crippen LogP contribution in [0.2, 0.25) is 0 Å². The van der Waals surface area contributed by atoms with Gasteiger partial charge in [-0.05, 0) is 74.2 Å². The molecule has 8 bridgehead atoms. The van der Waals surface area contributed by atoms with Crippen LogP contribution >= 0.6 is 23.2 Å². The molecular weight excluding hydrogens is 835 g/mol. The number of halogens is 2. The van der Waals surface area contributed by atoms with Gasteiger partial charge in [0.15, 0.2) is 0 Å². The van der Waals surface area contributed by atoms with Crippen LogP contribution in [0, 0.1) is 0 Å². The predicted molar refractivity (Wildman–Crippen MR) is 244 cm³/mol. The average Bonchev–Trinajstić information content (AvgIpc) is 3.26. The Balaban J connectivity index is 1.82. The van der Waals surface area contributed by atoms with Gasteiger partial charge in [0.05, 0.1) is 26.4 Å². The highest BCUT2D eigenvalue weighted by molar-refractivity contribution is 6.29. The first-order valence-corrected chi connectivity index (χ1v) is 22.5. The van der Waals surface area contributed by atoms with E-state index in [1.807, 2.05) is 76.2 Å². The molecule has 0 heterocycles. The Kier molecular flexibility index (Phi) is 20.4. The van der Waals surface area contributed by atoms with Gasteiger partial charge in [0.25, 0.3) is 0 Å². The first kappa shape index (κ1) is 48.5. The van der Waals surface area contributed by atoms with Crippen LogP contribution in [0.4, 0.5) is 11.4 Å². The molecular formula is C48H60Cl2N2O10. The van der Waals surface area contributed by atoms with Crippen molar-refractivity contribution in [1.29, 1.82) is 0 Å². The van der Waals surface area contributed by atoms with E-state index >= 15 is 0 Å². The summed E-state index contributed by atoms with van der Waals surface area (Å²) in [6.07, 6.45) is 1.52. The van der Waals surface area contributed by atoms with Gasteiger partial charge in [-0.25, -0.2) is 0 Å². The number of benzene rings is 4. The van der Waals surface area contributed by atoms with E-state index in [2.05, 4.69) is 22.8 Å². The molecule has 0 unspecified atom stereocenters. The predicted octanol–water partition coefficient (Wildman–Crippen LogP) is 8.38. The third-order valence-electron chi connectivity index (χ3n) is 9.89. The van der Waals surface area contributed by atoms with Crippen LogP contribution < -0.4 is 29.6 Å². The quantitative estimate of drug-likeness (QED) is 0.0460. The minimum atomic E-state index is -0.355. The Labute approximate surface area is 375 Å². The van der Waals surface area contributed by atoms with Gasteiger partial charge < -0.3 is 48.5 Å². The van der Waals surface area contributed by atoms with E-state index in [0.717, 1.165) is 56.0 Å². The van der Waals surface area contributed by atoms with Gasteiger partial charge in [0, 0.05) is 85.7 Å². The highest BCUT2D eigenvalue weighted by Gasteiger charge is 2.24. The van der Waals surface area contributed by atoms with Gasteiger partial charge in [-0.3, -0.25) is 9.59 Å². The highest BCUT2D eigenvalue weighted by Crippen LogP contribution is 2.41. The van der Waals surface area contributed by atoms with E-state index < -0.39 is 0 Å². The smallest absolute Gasteiger partial charge is 0.239 e. The summed E-state index contributed by atoms with van der Waals surface area (Å²) in [4.78, 5) is 25.7. The molecule has 0 aliphatic heterocycles. The summed E-state index contributed by atoms with van der Waals surface area (Å²) in [6, 6.07) is 19.9. The van der Waals surface area contributed by atoms with E-state index in [0.29, 0.717) is 108 Å².